The van der Waals surface area contributed by atoms with Crippen molar-refractivity contribution in [2.24, 2.45) is 0 Å². The fourth-order valence-electron chi connectivity index (χ4n) is 3.12. The standard InChI is InChI=1S/C23H32/c1-22(2,3)20-16-14-18(15-17-20)10-9-12-19-11-7-8-13-21(19)23(4,5)6/h7-8,11,13-17H,9-10,12H2,1-6H3. The van der Waals surface area contributed by atoms with Crippen molar-refractivity contribution in [1.82, 2.24) is 0 Å². The van der Waals surface area contributed by atoms with E-state index in [1.54, 1.807) is 0 Å². The third kappa shape index (κ3) is 4.96. The molecule has 2 aromatic carbocycles. The van der Waals surface area contributed by atoms with Gasteiger partial charge in [0.05, 0.1) is 0 Å². The molecule has 0 unspecified atom stereocenters. The van der Waals surface area contributed by atoms with E-state index in [1.807, 2.05) is 0 Å². The van der Waals surface area contributed by atoms with Crippen molar-refractivity contribution in [3.8, 4) is 0 Å². The molecule has 0 heterocycles. The van der Waals surface area contributed by atoms with Gasteiger partial charge < -0.3 is 0 Å². The van der Waals surface area contributed by atoms with Crippen LogP contribution in [-0.2, 0) is 23.7 Å². The van der Waals surface area contributed by atoms with E-state index in [1.165, 1.54) is 28.7 Å². The minimum Gasteiger partial charge on any atom is -0.0620 e. The normalized spacial score (nSPS) is 12.4. The second kappa shape index (κ2) is 6.91. The van der Waals surface area contributed by atoms with Crippen LogP contribution in [0.2, 0.25) is 0 Å². The van der Waals surface area contributed by atoms with Crippen molar-refractivity contribution < 1.29 is 0 Å². The molecular weight excluding hydrogens is 276 g/mol. The molecule has 0 atom stereocenters. The fourth-order valence-corrected chi connectivity index (χ4v) is 3.12. The summed E-state index contributed by atoms with van der Waals surface area (Å²) in [4.78, 5) is 0. The monoisotopic (exact) mass is 308 g/mol. The Labute approximate surface area is 143 Å². The maximum absolute atomic E-state index is 2.30. The van der Waals surface area contributed by atoms with Crippen molar-refractivity contribution >= 4 is 0 Å². The number of aryl methyl sites for hydroxylation is 2. The van der Waals surface area contributed by atoms with Gasteiger partial charge in [-0.2, -0.15) is 0 Å². The van der Waals surface area contributed by atoms with Gasteiger partial charge in [-0.05, 0) is 52.3 Å². The summed E-state index contributed by atoms with van der Waals surface area (Å²) in [6.07, 6.45) is 3.53. The van der Waals surface area contributed by atoms with Crippen LogP contribution in [0.15, 0.2) is 48.5 Å². The molecule has 0 heteroatoms. The van der Waals surface area contributed by atoms with Crippen LogP contribution in [0.5, 0.6) is 0 Å². The second-order valence-electron chi connectivity index (χ2n) is 8.71. The minimum absolute atomic E-state index is 0.227. The molecule has 124 valence electrons. The molecule has 0 spiro atoms. The summed E-state index contributed by atoms with van der Waals surface area (Å²) in [6.45, 7) is 13.7. The Morgan fingerprint density at radius 2 is 1.26 bits per heavy atom. The van der Waals surface area contributed by atoms with E-state index in [2.05, 4.69) is 90.1 Å². The van der Waals surface area contributed by atoms with Gasteiger partial charge in [0.25, 0.3) is 0 Å². The van der Waals surface area contributed by atoms with Gasteiger partial charge >= 0.3 is 0 Å². The average molecular weight is 309 g/mol. The van der Waals surface area contributed by atoms with E-state index >= 15 is 0 Å². The molecule has 0 fully saturated rings. The summed E-state index contributed by atoms with van der Waals surface area (Å²) in [5.74, 6) is 0. The van der Waals surface area contributed by atoms with Gasteiger partial charge in [-0.15, -0.1) is 0 Å². The molecule has 2 aromatic rings. The molecule has 0 radical (unpaired) electrons. The first-order chi connectivity index (χ1) is 10.7. The Bertz CT molecular complexity index is 618. The zero-order valence-electron chi connectivity index (χ0n) is 15.7. The summed E-state index contributed by atoms with van der Waals surface area (Å²) < 4.78 is 0. The molecule has 0 aliphatic heterocycles. The number of benzene rings is 2. The lowest BCUT2D eigenvalue weighted by molar-refractivity contribution is 0.580. The first kappa shape index (κ1) is 17.8. The molecule has 0 saturated carbocycles. The minimum atomic E-state index is 0.227. The predicted molar refractivity (Wildman–Crippen MR) is 102 cm³/mol. The number of hydrogen-bond donors (Lipinski definition) is 0. The van der Waals surface area contributed by atoms with Crippen LogP contribution < -0.4 is 0 Å². The van der Waals surface area contributed by atoms with Gasteiger partial charge in [0.1, 0.15) is 0 Å². The predicted octanol–water partition coefficient (Wildman–Crippen LogP) is 6.46. The summed E-state index contributed by atoms with van der Waals surface area (Å²) in [7, 11) is 0. The number of rotatable bonds is 4. The van der Waals surface area contributed by atoms with Gasteiger partial charge in [0.2, 0.25) is 0 Å². The van der Waals surface area contributed by atoms with Gasteiger partial charge in [-0.25, -0.2) is 0 Å². The summed E-state index contributed by atoms with van der Waals surface area (Å²) in [5, 5.41) is 0. The summed E-state index contributed by atoms with van der Waals surface area (Å²) in [6, 6.07) is 18.1. The van der Waals surface area contributed by atoms with Crippen LogP contribution in [0.3, 0.4) is 0 Å². The van der Waals surface area contributed by atoms with Crippen LogP contribution in [0, 0.1) is 0 Å². The summed E-state index contributed by atoms with van der Waals surface area (Å²) in [5.41, 5.74) is 6.33. The molecule has 23 heavy (non-hydrogen) atoms. The van der Waals surface area contributed by atoms with Gasteiger partial charge in [0.15, 0.2) is 0 Å². The average Bonchev–Trinajstić information content (AvgIpc) is 2.46. The van der Waals surface area contributed by atoms with Crippen LogP contribution >= 0.6 is 0 Å². The van der Waals surface area contributed by atoms with E-state index in [4.69, 9.17) is 0 Å². The molecule has 0 aliphatic carbocycles. The van der Waals surface area contributed by atoms with E-state index in [9.17, 15) is 0 Å². The molecule has 0 saturated heterocycles. The van der Waals surface area contributed by atoms with Crippen LogP contribution in [0.1, 0.15) is 70.2 Å². The largest absolute Gasteiger partial charge is 0.0620 e. The van der Waals surface area contributed by atoms with Crippen LogP contribution in [-0.4, -0.2) is 0 Å². The van der Waals surface area contributed by atoms with Gasteiger partial charge in [-0.1, -0.05) is 90.1 Å². The Morgan fingerprint density at radius 1 is 0.652 bits per heavy atom. The quantitative estimate of drug-likeness (QED) is 0.608. The van der Waals surface area contributed by atoms with Crippen LogP contribution in [0.4, 0.5) is 0 Å². The molecule has 2 rings (SSSR count). The first-order valence-corrected chi connectivity index (χ1v) is 8.86. The van der Waals surface area contributed by atoms with E-state index in [0.717, 1.165) is 12.8 Å². The molecule has 0 N–H and O–H groups in total. The third-order valence-electron chi connectivity index (χ3n) is 4.56. The Kier molecular flexibility index (Phi) is 5.34. The zero-order valence-corrected chi connectivity index (χ0v) is 15.7. The molecule has 0 aliphatic rings. The lowest BCUT2D eigenvalue weighted by Crippen LogP contribution is -2.14. The third-order valence-corrected chi connectivity index (χ3v) is 4.56. The zero-order chi connectivity index (χ0) is 17.1. The first-order valence-electron chi connectivity index (χ1n) is 8.86. The highest BCUT2D eigenvalue weighted by Gasteiger charge is 2.17. The topological polar surface area (TPSA) is 0 Å². The maximum Gasteiger partial charge on any atom is -0.0129 e. The van der Waals surface area contributed by atoms with Gasteiger partial charge in [-0.3, -0.25) is 0 Å². The summed E-state index contributed by atoms with van der Waals surface area (Å²) >= 11 is 0. The van der Waals surface area contributed by atoms with E-state index in [0.29, 0.717) is 0 Å². The Morgan fingerprint density at radius 3 is 1.83 bits per heavy atom. The SMILES string of the molecule is CC(C)(C)c1ccc(CCCc2ccccc2C(C)(C)C)cc1. The van der Waals surface area contributed by atoms with Crippen molar-refractivity contribution in [2.45, 2.75) is 71.6 Å². The maximum atomic E-state index is 2.30. The molecule has 0 amide bonds. The Hall–Kier alpha value is -1.56. The highest BCUT2D eigenvalue weighted by Crippen LogP contribution is 2.27. The van der Waals surface area contributed by atoms with E-state index < -0.39 is 0 Å². The lowest BCUT2D eigenvalue weighted by atomic mass is 9.82. The highest BCUT2D eigenvalue weighted by atomic mass is 14.2. The van der Waals surface area contributed by atoms with Crippen molar-refractivity contribution in [3.63, 3.8) is 0 Å². The van der Waals surface area contributed by atoms with Crippen LogP contribution in [0.25, 0.3) is 0 Å². The van der Waals surface area contributed by atoms with E-state index in [-0.39, 0.29) is 10.8 Å². The number of hydrogen-bond acceptors (Lipinski definition) is 0. The van der Waals surface area contributed by atoms with Crippen molar-refractivity contribution in [1.29, 1.82) is 0 Å². The molecule has 0 aromatic heterocycles. The smallest absolute Gasteiger partial charge is 0.0129 e. The lowest BCUT2D eigenvalue weighted by Gasteiger charge is -2.23. The molecule has 0 bridgehead atoms. The molecule has 0 nitrogen and oxygen atoms in total. The van der Waals surface area contributed by atoms with Gasteiger partial charge in [0, 0.05) is 0 Å². The highest BCUT2D eigenvalue weighted by molar-refractivity contribution is 5.33. The van der Waals surface area contributed by atoms with Crippen molar-refractivity contribution in [3.05, 3.63) is 70.8 Å². The second-order valence-corrected chi connectivity index (χ2v) is 8.71. The molecular formula is C23H32. The van der Waals surface area contributed by atoms with Crippen molar-refractivity contribution in [2.75, 3.05) is 0 Å². The fraction of sp³-hybridized carbons (Fsp3) is 0.478. The Balaban J connectivity index is 1.98.